The highest BCUT2D eigenvalue weighted by atomic mass is 32.1. The number of pyridine rings is 1. The lowest BCUT2D eigenvalue weighted by Crippen LogP contribution is -2.28. The number of allylic oxidation sites excluding steroid dienone is 1. The summed E-state index contributed by atoms with van der Waals surface area (Å²) < 4.78 is 1.87. The average Bonchev–Trinajstić information content (AvgIpc) is 3.36. The molecule has 7 heteroatoms. The Labute approximate surface area is 174 Å². The standard InChI is InChI=1S/C22H25N5OS/c1-13(2)27-21-19(11-25-27)18(8-20(26-21)16-5-6-29-12-16)22(28)24-10-17-9-23-15(4)7-14(17)3/h5-6,8,11-13H,7,9-10H2,1-4H3,(H,24,28). The summed E-state index contributed by atoms with van der Waals surface area (Å²) >= 11 is 1.61. The predicted molar refractivity (Wildman–Crippen MR) is 119 cm³/mol. The predicted octanol–water partition coefficient (Wildman–Crippen LogP) is 4.65. The van der Waals surface area contributed by atoms with Gasteiger partial charge in [0.05, 0.1) is 29.4 Å². The molecule has 1 aliphatic rings. The molecule has 1 aliphatic heterocycles. The number of carbonyl (C=O) groups excluding carboxylic acids is 1. The lowest BCUT2D eigenvalue weighted by Gasteiger charge is -2.17. The molecule has 4 rings (SSSR count). The van der Waals surface area contributed by atoms with Crippen LogP contribution in [0.1, 0.15) is 50.5 Å². The maximum absolute atomic E-state index is 13.1. The maximum atomic E-state index is 13.1. The number of amides is 1. The Balaban J connectivity index is 1.68. The minimum absolute atomic E-state index is 0.108. The Morgan fingerprint density at radius 2 is 2.17 bits per heavy atom. The first kappa shape index (κ1) is 19.5. The molecule has 0 bridgehead atoms. The molecular formula is C22H25N5OS. The minimum Gasteiger partial charge on any atom is -0.348 e. The minimum atomic E-state index is -0.108. The van der Waals surface area contributed by atoms with E-state index in [1.165, 1.54) is 11.1 Å². The molecule has 1 amide bonds. The fraction of sp³-hybridized carbons (Fsp3) is 0.364. The second kappa shape index (κ2) is 7.91. The molecule has 0 atom stereocenters. The summed E-state index contributed by atoms with van der Waals surface area (Å²) in [6.45, 7) is 9.46. The molecule has 0 aromatic carbocycles. The third-order valence-corrected chi connectivity index (χ3v) is 5.93. The molecule has 0 fully saturated rings. The van der Waals surface area contributed by atoms with E-state index in [0.717, 1.165) is 34.4 Å². The Morgan fingerprint density at radius 1 is 1.34 bits per heavy atom. The quantitative estimate of drug-likeness (QED) is 0.626. The van der Waals surface area contributed by atoms with Crippen LogP contribution in [-0.4, -0.2) is 39.5 Å². The van der Waals surface area contributed by atoms with Gasteiger partial charge < -0.3 is 5.32 Å². The van der Waals surface area contributed by atoms with E-state index in [4.69, 9.17) is 4.98 Å². The third-order valence-electron chi connectivity index (χ3n) is 5.24. The summed E-state index contributed by atoms with van der Waals surface area (Å²) in [6.07, 6.45) is 2.63. The SMILES string of the molecule is CC1=NCC(CNC(=O)c2cc(-c3ccsc3)nc3c2cnn3C(C)C)=C(C)C1. The zero-order valence-corrected chi connectivity index (χ0v) is 18.0. The molecule has 0 unspecified atom stereocenters. The molecule has 0 saturated carbocycles. The zero-order valence-electron chi connectivity index (χ0n) is 17.2. The second-order valence-electron chi connectivity index (χ2n) is 7.78. The van der Waals surface area contributed by atoms with Gasteiger partial charge in [0, 0.05) is 35.7 Å². The van der Waals surface area contributed by atoms with Crippen LogP contribution in [0.2, 0.25) is 0 Å². The van der Waals surface area contributed by atoms with Gasteiger partial charge in [0.2, 0.25) is 0 Å². The van der Waals surface area contributed by atoms with Gasteiger partial charge in [-0.3, -0.25) is 9.79 Å². The van der Waals surface area contributed by atoms with Gasteiger partial charge in [-0.1, -0.05) is 5.57 Å². The number of nitrogens with zero attached hydrogens (tertiary/aromatic N) is 4. The van der Waals surface area contributed by atoms with Crippen molar-refractivity contribution in [1.82, 2.24) is 20.1 Å². The largest absolute Gasteiger partial charge is 0.348 e. The molecule has 3 aromatic heterocycles. The van der Waals surface area contributed by atoms with Crippen molar-refractivity contribution < 1.29 is 4.79 Å². The Hall–Kier alpha value is -2.80. The number of fused-ring (bicyclic) bond motifs is 1. The van der Waals surface area contributed by atoms with Crippen molar-refractivity contribution in [3.63, 3.8) is 0 Å². The highest BCUT2D eigenvalue weighted by Gasteiger charge is 2.19. The number of thiophene rings is 1. The first-order valence-corrected chi connectivity index (χ1v) is 10.7. The van der Waals surface area contributed by atoms with Crippen LogP contribution in [0.3, 0.4) is 0 Å². The average molecular weight is 408 g/mol. The molecular weight excluding hydrogens is 382 g/mol. The van der Waals surface area contributed by atoms with Gasteiger partial charge in [0.25, 0.3) is 5.91 Å². The molecule has 29 heavy (non-hydrogen) atoms. The molecule has 6 nitrogen and oxygen atoms in total. The van der Waals surface area contributed by atoms with Gasteiger partial charge >= 0.3 is 0 Å². The van der Waals surface area contributed by atoms with Crippen LogP contribution in [0.5, 0.6) is 0 Å². The molecule has 3 aromatic rings. The lowest BCUT2D eigenvalue weighted by atomic mass is 10.0. The molecule has 0 spiro atoms. The molecule has 1 N–H and O–H groups in total. The Morgan fingerprint density at radius 3 is 2.86 bits per heavy atom. The maximum Gasteiger partial charge on any atom is 0.252 e. The summed E-state index contributed by atoms with van der Waals surface area (Å²) in [4.78, 5) is 22.5. The summed E-state index contributed by atoms with van der Waals surface area (Å²) in [7, 11) is 0. The number of aromatic nitrogens is 3. The van der Waals surface area contributed by atoms with Crippen LogP contribution in [-0.2, 0) is 0 Å². The first-order valence-electron chi connectivity index (χ1n) is 9.80. The van der Waals surface area contributed by atoms with E-state index in [1.54, 1.807) is 17.5 Å². The first-order chi connectivity index (χ1) is 13.9. The van der Waals surface area contributed by atoms with E-state index in [1.807, 2.05) is 34.5 Å². The smallest absolute Gasteiger partial charge is 0.252 e. The number of hydrogen-bond acceptors (Lipinski definition) is 5. The summed E-state index contributed by atoms with van der Waals surface area (Å²) in [5, 5.41) is 12.4. The number of rotatable bonds is 5. The highest BCUT2D eigenvalue weighted by Crippen LogP contribution is 2.27. The zero-order chi connectivity index (χ0) is 20.5. The van der Waals surface area contributed by atoms with Crippen molar-refractivity contribution >= 4 is 34.0 Å². The van der Waals surface area contributed by atoms with Crippen molar-refractivity contribution in [2.45, 2.75) is 40.2 Å². The fourth-order valence-electron chi connectivity index (χ4n) is 3.56. The number of hydrogen-bond donors (Lipinski definition) is 1. The number of dihydropyridines is 1. The topological polar surface area (TPSA) is 72.2 Å². The van der Waals surface area contributed by atoms with Gasteiger partial charge in [-0.05, 0) is 50.8 Å². The van der Waals surface area contributed by atoms with Crippen LogP contribution >= 0.6 is 11.3 Å². The van der Waals surface area contributed by atoms with Crippen LogP contribution in [0.15, 0.2) is 45.2 Å². The number of aliphatic imine (C=N–C) groups is 1. The van der Waals surface area contributed by atoms with Gasteiger partial charge in [-0.2, -0.15) is 16.4 Å². The van der Waals surface area contributed by atoms with Crippen molar-refractivity contribution in [3.8, 4) is 11.3 Å². The van der Waals surface area contributed by atoms with Crippen molar-refractivity contribution in [3.05, 3.63) is 45.8 Å². The molecule has 0 radical (unpaired) electrons. The van der Waals surface area contributed by atoms with Gasteiger partial charge in [0.1, 0.15) is 0 Å². The number of carbonyl (C=O) groups is 1. The fourth-order valence-corrected chi connectivity index (χ4v) is 4.21. The van der Waals surface area contributed by atoms with E-state index in [-0.39, 0.29) is 11.9 Å². The van der Waals surface area contributed by atoms with Crippen molar-refractivity contribution in [1.29, 1.82) is 0 Å². The van der Waals surface area contributed by atoms with Gasteiger partial charge in [-0.25, -0.2) is 9.67 Å². The van der Waals surface area contributed by atoms with Crippen LogP contribution in [0.4, 0.5) is 0 Å². The van der Waals surface area contributed by atoms with Crippen molar-refractivity contribution in [2.75, 3.05) is 13.1 Å². The van der Waals surface area contributed by atoms with E-state index < -0.39 is 0 Å². The van der Waals surface area contributed by atoms with Gasteiger partial charge in [-0.15, -0.1) is 0 Å². The normalized spacial score (nSPS) is 14.6. The van der Waals surface area contributed by atoms with Crippen LogP contribution in [0.25, 0.3) is 22.3 Å². The molecule has 4 heterocycles. The summed E-state index contributed by atoms with van der Waals surface area (Å²) in [6, 6.07) is 4.05. The molecule has 0 saturated heterocycles. The van der Waals surface area contributed by atoms with Crippen LogP contribution < -0.4 is 5.32 Å². The lowest BCUT2D eigenvalue weighted by molar-refractivity contribution is 0.0958. The second-order valence-corrected chi connectivity index (χ2v) is 8.56. The van der Waals surface area contributed by atoms with Crippen molar-refractivity contribution in [2.24, 2.45) is 4.99 Å². The van der Waals surface area contributed by atoms with Crippen LogP contribution in [0, 0.1) is 0 Å². The highest BCUT2D eigenvalue weighted by molar-refractivity contribution is 7.08. The molecule has 150 valence electrons. The summed E-state index contributed by atoms with van der Waals surface area (Å²) in [5.74, 6) is -0.108. The monoisotopic (exact) mass is 407 g/mol. The van der Waals surface area contributed by atoms with Gasteiger partial charge in [0.15, 0.2) is 5.65 Å². The Bertz CT molecular complexity index is 1120. The van der Waals surface area contributed by atoms with E-state index in [0.29, 0.717) is 18.7 Å². The third kappa shape index (κ3) is 3.87. The summed E-state index contributed by atoms with van der Waals surface area (Å²) in [5.41, 5.74) is 6.78. The van der Waals surface area contributed by atoms with E-state index in [2.05, 4.69) is 36.2 Å². The van der Waals surface area contributed by atoms with E-state index in [9.17, 15) is 4.79 Å². The van der Waals surface area contributed by atoms with E-state index >= 15 is 0 Å². The molecule has 0 aliphatic carbocycles. The number of nitrogens with one attached hydrogen (secondary N) is 1. The Kier molecular flexibility index (Phi) is 5.32.